The van der Waals surface area contributed by atoms with Crippen LogP contribution in [-0.4, -0.2) is 47.5 Å². The van der Waals surface area contributed by atoms with Crippen LogP contribution in [0.15, 0.2) is 28.8 Å². The van der Waals surface area contributed by atoms with Crippen LogP contribution in [0, 0.1) is 13.8 Å². The molecule has 0 bridgehead atoms. The molecule has 0 saturated carbocycles. The second-order valence-electron chi connectivity index (χ2n) is 6.13. The van der Waals surface area contributed by atoms with Crippen molar-refractivity contribution in [3.8, 4) is 5.75 Å². The van der Waals surface area contributed by atoms with Gasteiger partial charge in [0.15, 0.2) is 0 Å². The van der Waals surface area contributed by atoms with Gasteiger partial charge in [-0.2, -0.15) is 0 Å². The highest BCUT2D eigenvalue weighted by Crippen LogP contribution is 2.20. The van der Waals surface area contributed by atoms with Gasteiger partial charge in [-0.05, 0) is 44.5 Å². The number of hydrogen-bond acceptors (Lipinski definition) is 6. The van der Waals surface area contributed by atoms with E-state index in [1.165, 1.54) is 12.1 Å². The highest BCUT2D eigenvalue weighted by atomic mass is 16.5. The molecule has 1 aromatic carbocycles. The van der Waals surface area contributed by atoms with Crippen LogP contribution in [0.25, 0.3) is 0 Å². The average molecular weight is 360 g/mol. The number of nitrogens with one attached hydrogen (secondary N) is 1. The number of aryl methyl sites for hydroxylation is 2. The van der Waals surface area contributed by atoms with Gasteiger partial charge in [0.2, 0.25) is 0 Å². The number of rotatable bonds is 5. The maximum atomic E-state index is 12.6. The number of ether oxygens (including phenoxy) is 2. The van der Waals surface area contributed by atoms with Crippen LogP contribution in [0.2, 0.25) is 0 Å². The number of aromatic carboxylic acids is 1. The first kappa shape index (κ1) is 17.9. The summed E-state index contributed by atoms with van der Waals surface area (Å²) in [7, 11) is 0. The summed E-state index contributed by atoms with van der Waals surface area (Å²) in [6.07, 6.45) is 0.219. The van der Waals surface area contributed by atoms with Gasteiger partial charge < -0.3 is 24.4 Å². The highest BCUT2D eigenvalue weighted by molar-refractivity contribution is 5.96. The summed E-state index contributed by atoms with van der Waals surface area (Å²) >= 11 is 0. The molecule has 2 unspecified atom stereocenters. The molecule has 1 saturated heterocycles. The van der Waals surface area contributed by atoms with Crippen LogP contribution < -0.4 is 10.1 Å². The van der Waals surface area contributed by atoms with Crippen LogP contribution in [-0.2, 0) is 4.74 Å². The lowest BCUT2D eigenvalue weighted by molar-refractivity contribution is -0.0135. The molecule has 1 fully saturated rings. The molecule has 2 atom stereocenters. The van der Waals surface area contributed by atoms with Crippen LogP contribution in [0.4, 0.5) is 0 Å². The Morgan fingerprint density at radius 1 is 1.27 bits per heavy atom. The van der Waals surface area contributed by atoms with Crippen molar-refractivity contribution in [2.45, 2.75) is 32.4 Å². The van der Waals surface area contributed by atoms with E-state index in [0.717, 1.165) is 0 Å². The fourth-order valence-electron chi connectivity index (χ4n) is 2.89. The quantitative estimate of drug-likeness (QED) is 0.838. The summed E-state index contributed by atoms with van der Waals surface area (Å²) in [5.74, 6) is -0.277. The summed E-state index contributed by atoms with van der Waals surface area (Å²) in [5, 5.41) is 15.7. The summed E-state index contributed by atoms with van der Waals surface area (Å²) < 4.78 is 16.4. The van der Waals surface area contributed by atoms with E-state index in [1.807, 2.05) is 0 Å². The molecule has 8 heteroatoms. The molecule has 0 radical (unpaired) electrons. The first-order valence-corrected chi connectivity index (χ1v) is 8.27. The van der Waals surface area contributed by atoms with Gasteiger partial charge in [0.05, 0.1) is 23.9 Å². The minimum absolute atomic E-state index is 0.181. The van der Waals surface area contributed by atoms with Gasteiger partial charge in [-0.25, -0.2) is 4.79 Å². The van der Waals surface area contributed by atoms with E-state index in [2.05, 4.69) is 10.5 Å². The third-order valence-electron chi connectivity index (χ3n) is 4.27. The molecule has 2 heterocycles. The Hall–Kier alpha value is -2.87. The second-order valence-corrected chi connectivity index (χ2v) is 6.13. The summed E-state index contributed by atoms with van der Waals surface area (Å²) in [6, 6.07) is 5.87. The van der Waals surface area contributed by atoms with Gasteiger partial charge >= 0.3 is 5.97 Å². The zero-order valence-corrected chi connectivity index (χ0v) is 14.5. The number of carboxylic acids is 1. The predicted octanol–water partition coefficient (Wildman–Crippen LogP) is 1.96. The number of carbonyl (C=O) groups is 2. The van der Waals surface area contributed by atoms with Crippen molar-refractivity contribution in [1.82, 2.24) is 10.5 Å². The van der Waals surface area contributed by atoms with E-state index in [0.29, 0.717) is 42.4 Å². The van der Waals surface area contributed by atoms with Gasteiger partial charge in [0.25, 0.3) is 5.91 Å². The molecular weight excluding hydrogens is 340 g/mol. The molecule has 3 rings (SSSR count). The van der Waals surface area contributed by atoms with Gasteiger partial charge in [0, 0.05) is 6.61 Å². The Balaban J connectivity index is 1.69. The number of hydrogen-bond donors (Lipinski definition) is 2. The number of carboxylic acid groups (broad SMARTS) is 1. The molecule has 138 valence electrons. The Labute approximate surface area is 150 Å². The molecule has 8 nitrogen and oxygen atoms in total. The van der Waals surface area contributed by atoms with E-state index in [9.17, 15) is 9.59 Å². The minimum atomic E-state index is -0.998. The van der Waals surface area contributed by atoms with Gasteiger partial charge in [0.1, 0.15) is 23.2 Å². The number of amides is 1. The first-order chi connectivity index (χ1) is 12.5. The summed E-state index contributed by atoms with van der Waals surface area (Å²) in [4.78, 5) is 23.5. The van der Waals surface area contributed by atoms with Crippen LogP contribution in [0.5, 0.6) is 5.75 Å². The lowest BCUT2D eigenvalue weighted by Gasteiger charge is -2.32. The van der Waals surface area contributed by atoms with E-state index >= 15 is 0 Å². The molecular formula is C18H20N2O6. The Morgan fingerprint density at radius 3 is 2.62 bits per heavy atom. The van der Waals surface area contributed by atoms with Crippen molar-refractivity contribution in [3.63, 3.8) is 0 Å². The molecule has 2 aromatic rings. The highest BCUT2D eigenvalue weighted by Gasteiger charge is 2.30. The molecule has 2 N–H and O–H groups in total. The zero-order valence-electron chi connectivity index (χ0n) is 14.5. The molecule has 0 aliphatic carbocycles. The molecule has 1 amide bonds. The third-order valence-corrected chi connectivity index (χ3v) is 4.27. The number of aromatic nitrogens is 1. The van der Waals surface area contributed by atoms with Crippen molar-refractivity contribution in [2.24, 2.45) is 0 Å². The van der Waals surface area contributed by atoms with Crippen molar-refractivity contribution in [2.75, 3.05) is 13.2 Å². The fourth-order valence-corrected chi connectivity index (χ4v) is 2.89. The molecule has 1 aromatic heterocycles. The van der Waals surface area contributed by atoms with E-state index in [-0.39, 0.29) is 23.6 Å². The maximum absolute atomic E-state index is 12.6. The standard InChI is InChI=1S/C18H20N2O6/c1-10-16(11(2)26-20-10)17(21)19-14-7-8-24-9-15(14)25-13-5-3-12(4-6-13)18(22)23/h3-6,14-15H,7-9H2,1-2H3,(H,19,21)(H,22,23). The largest absolute Gasteiger partial charge is 0.486 e. The minimum Gasteiger partial charge on any atom is -0.486 e. The maximum Gasteiger partial charge on any atom is 0.335 e. The van der Waals surface area contributed by atoms with Crippen LogP contribution in [0.3, 0.4) is 0 Å². The normalized spacial score (nSPS) is 19.8. The Kier molecular flexibility index (Phi) is 5.22. The van der Waals surface area contributed by atoms with Crippen molar-refractivity contribution < 1.29 is 28.7 Å². The van der Waals surface area contributed by atoms with Crippen molar-refractivity contribution in [3.05, 3.63) is 46.8 Å². The summed E-state index contributed by atoms with van der Waals surface area (Å²) in [6.45, 7) is 4.25. The number of benzene rings is 1. The Bertz CT molecular complexity index is 779. The topological polar surface area (TPSA) is 111 Å². The Morgan fingerprint density at radius 2 is 2.00 bits per heavy atom. The lowest BCUT2D eigenvalue weighted by Crippen LogP contribution is -2.51. The lowest BCUT2D eigenvalue weighted by atomic mass is 10.0. The van der Waals surface area contributed by atoms with Gasteiger partial charge in [-0.15, -0.1) is 0 Å². The molecule has 0 spiro atoms. The zero-order chi connectivity index (χ0) is 18.7. The molecule has 1 aliphatic heterocycles. The molecule has 26 heavy (non-hydrogen) atoms. The smallest absolute Gasteiger partial charge is 0.335 e. The van der Waals surface area contributed by atoms with Crippen molar-refractivity contribution in [1.29, 1.82) is 0 Å². The van der Waals surface area contributed by atoms with E-state index in [4.69, 9.17) is 19.1 Å². The van der Waals surface area contributed by atoms with E-state index in [1.54, 1.807) is 26.0 Å². The first-order valence-electron chi connectivity index (χ1n) is 8.27. The SMILES string of the molecule is Cc1noc(C)c1C(=O)NC1CCOCC1Oc1ccc(C(=O)O)cc1. The summed E-state index contributed by atoms with van der Waals surface area (Å²) in [5.41, 5.74) is 1.15. The van der Waals surface area contributed by atoms with Crippen molar-refractivity contribution >= 4 is 11.9 Å². The van der Waals surface area contributed by atoms with E-state index < -0.39 is 5.97 Å². The third kappa shape index (κ3) is 3.85. The monoisotopic (exact) mass is 360 g/mol. The molecule has 1 aliphatic rings. The number of nitrogens with zero attached hydrogens (tertiary/aromatic N) is 1. The second kappa shape index (κ2) is 7.57. The van der Waals surface area contributed by atoms with Crippen LogP contribution in [0.1, 0.15) is 38.6 Å². The number of carbonyl (C=O) groups excluding carboxylic acids is 1. The van der Waals surface area contributed by atoms with Gasteiger partial charge in [-0.3, -0.25) is 4.79 Å². The van der Waals surface area contributed by atoms with Gasteiger partial charge in [-0.1, -0.05) is 5.16 Å². The fraction of sp³-hybridized carbons (Fsp3) is 0.389. The predicted molar refractivity (Wildman–Crippen MR) is 90.5 cm³/mol. The average Bonchev–Trinajstić information content (AvgIpc) is 2.95. The van der Waals surface area contributed by atoms with Crippen LogP contribution >= 0.6 is 0 Å².